The van der Waals surface area contributed by atoms with Crippen molar-refractivity contribution in [3.8, 4) is 0 Å². The Balaban J connectivity index is 1.09. The molecule has 7 atom stereocenters. The summed E-state index contributed by atoms with van der Waals surface area (Å²) in [6.45, 7) is 3.01. The summed E-state index contributed by atoms with van der Waals surface area (Å²) in [4.78, 5) is 119. The number of fused-ring (bicyclic) bond motifs is 2. The summed E-state index contributed by atoms with van der Waals surface area (Å²) in [6, 6.07) is 12.9. The number of H-pyrrole nitrogens is 1. The predicted octanol–water partition coefficient (Wildman–Crippen LogP) is 0.695. The van der Waals surface area contributed by atoms with Gasteiger partial charge in [-0.3, -0.25) is 43.6 Å². The molecule has 3 aromatic rings. The lowest BCUT2D eigenvalue weighted by molar-refractivity contribution is -0.137. The van der Waals surface area contributed by atoms with E-state index >= 15 is 0 Å². The SMILES string of the molecule is CC(C)CC(CC(=O)NO)C(=O)N[C@@H](Cc1ccccc1)C(=O)N[C@@H](Cc1c[nH]c2ccccc12)C(=O)NCC(=O)NCC(=O)N[C@@H](CCCCNC(=O)CCCC[C@@H]1SC[C@@H]2NC(=O)N[C@@H]21)C(N)=O. The van der Waals surface area contributed by atoms with Gasteiger partial charge in [-0.1, -0.05) is 68.8 Å². The molecule has 21 nitrogen and oxygen atoms in total. The summed E-state index contributed by atoms with van der Waals surface area (Å²) in [5.74, 6) is -5.08. The number of rotatable bonds is 29. The van der Waals surface area contributed by atoms with E-state index in [0.717, 1.165) is 35.9 Å². The number of nitrogens with one attached hydrogen (secondary N) is 10. The molecule has 2 aliphatic rings. The maximum atomic E-state index is 14.2. The van der Waals surface area contributed by atoms with Crippen molar-refractivity contribution in [2.75, 3.05) is 25.4 Å². The van der Waals surface area contributed by atoms with E-state index in [1.807, 2.05) is 49.9 Å². The summed E-state index contributed by atoms with van der Waals surface area (Å²) in [5, 5.41) is 32.1. The van der Waals surface area contributed by atoms with Gasteiger partial charge in [0.05, 0.1) is 25.2 Å². The van der Waals surface area contributed by atoms with Crippen LogP contribution in [0.4, 0.5) is 4.79 Å². The standard InChI is InChI=1S/C48H67N11O10S/c1-28(2)20-30(23-40(61)59-69)45(65)55-35(21-29-12-4-3-5-13-29)47(67)56-36(22-31-24-51-33-15-7-6-14-32(31)33)46(66)53-25-41(62)52-26-42(63)54-34(44(49)64)16-10-11-19-50-39(60)18-9-8-17-38-43-37(27-70-38)57-48(68)58-43/h3-7,12-15,24,28,30,34-38,43,51,69H,8-11,16-23,25-27H2,1-2H3,(H2,49,64)(H,50,60)(H,52,62)(H,53,66)(H,54,63)(H,55,65)(H,56,67)(H,59,61)(H2,57,58,68)/t30?,34-,35-,36-,37-,38-,43-/m0/s1. The molecule has 2 fully saturated rings. The predicted molar refractivity (Wildman–Crippen MR) is 261 cm³/mol. The van der Waals surface area contributed by atoms with Crippen molar-refractivity contribution in [1.29, 1.82) is 0 Å². The minimum absolute atomic E-state index is 0.00434. The number of aromatic nitrogens is 1. The first-order valence-electron chi connectivity index (χ1n) is 23.8. The first-order valence-corrected chi connectivity index (χ1v) is 24.9. The summed E-state index contributed by atoms with van der Waals surface area (Å²) in [6.07, 6.45) is 5.76. The lowest BCUT2D eigenvalue weighted by atomic mass is 9.92. The van der Waals surface area contributed by atoms with Gasteiger partial charge in [-0.15, -0.1) is 0 Å². The van der Waals surface area contributed by atoms with Crippen molar-refractivity contribution in [2.45, 2.75) is 120 Å². The van der Waals surface area contributed by atoms with Gasteiger partial charge >= 0.3 is 6.03 Å². The van der Waals surface area contributed by atoms with Gasteiger partial charge in [0.2, 0.25) is 47.3 Å². The number of hydrogen-bond donors (Lipinski definition) is 12. The molecule has 0 saturated carbocycles. The molecule has 0 bridgehead atoms. The van der Waals surface area contributed by atoms with E-state index in [2.05, 4.69) is 47.5 Å². The number of thioether (sulfide) groups is 1. The molecule has 10 amide bonds. The number of aromatic amines is 1. The molecule has 1 aromatic heterocycles. The fourth-order valence-electron chi connectivity index (χ4n) is 8.60. The van der Waals surface area contributed by atoms with E-state index < -0.39 is 78.5 Å². The average molecular weight is 990 g/mol. The topological polar surface area (TPSA) is 324 Å². The fourth-order valence-corrected chi connectivity index (χ4v) is 10.1. The van der Waals surface area contributed by atoms with Crippen LogP contribution in [0.25, 0.3) is 10.9 Å². The van der Waals surface area contributed by atoms with E-state index in [0.29, 0.717) is 42.2 Å². The highest BCUT2D eigenvalue weighted by Gasteiger charge is 2.42. The molecule has 0 radical (unpaired) electrons. The second-order valence-corrected chi connectivity index (χ2v) is 19.4. The number of urea groups is 1. The quantitative estimate of drug-likeness (QED) is 0.0199. The molecule has 2 aliphatic heterocycles. The molecule has 70 heavy (non-hydrogen) atoms. The van der Waals surface area contributed by atoms with E-state index in [-0.39, 0.29) is 62.0 Å². The Morgan fingerprint density at radius 3 is 2.20 bits per heavy atom. The Morgan fingerprint density at radius 2 is 1.46 bits per heavy atom. The summed E-state index contributed by atoms with van der Waals surface area (Å²) >= 11 is 1.84. The summed E-state index contributed by atoms with van der Waals surface area (Å²) in [7, 11) is 0. The van der Waals surface area contributed by atoms with Gasteiger partial charge in [0, 0.05) is 66.2 Å². The Kier molecular flexibility index (Phi) is 21.3. The van der Waals surface area contributed by atoms with Crippen LogP contribution in [0.1, 0.15) is 82.8 Å². The third-order valence-electron chi connectivity index (χ3n) is 12.2. The van der Waals surface area contributed by atoms with Gasteiger partial charge in [0.25, 0.3) is 0 Å². The molecule has 2 aromatic carbocycles. The number of nitrogens with two attached hydrogens (primary N) is 1. The number of unbranched alkanes of at least 4 members (excludes halogenated alkanes) is 2. The smallest absolute Gasteiger partial charge is 0.315 e. The van der Waals surface area contributed by atoms with Crippen molar-refractivity contribution in [3.63, 3.8) is 0 Å². The Labute approximate surface area is 410 Å². The van der Waals surface area contributed by atoms with Gasteiger partial charge in [-0.05, 0) is 61.6 Å². The van der Waals surface area contributed by atoms with Gasteiger partial charge in [-0.25, -0.2) is 10.3 Å². The minimum Gasteiger partial charge on any atom is -0.368 e. The average Bonchev–Trinajstić information content (AvgIpc) is 4.04. The molecule has 0 aliphatic carbocycles. The van der Waals surface area contributed by atoms with Crippen LogP contribution in [0.2, 0.25) is 0 Å². The number of benzene rings is 2. The second-order valence-electron chi connectivity index (χ2n) is 18.2. The Hall–Kier alpha value is -6.68. The van der Waals surface area contributed by atoms with E-state index in [9.17, 15) is 43.2 Å². The third kappa shape index (κ3) is 17.4. The molecular weight excluding hydrogens is 923 g/mol. The highest BCUT2D eigenvalue weighted by Crippen LogP contribution is 2.33. The van der Waals surface area contributed by atoms with Crippen LogP contribution in [-0.2, 0) is 51.2 Å². The van der Waals surface area contributed by atoms with E-state index in [4.69, 9.17) is 10.9 Å². The van der Waals surface area contributed by atoms with Gasteiger partial charge in [0.15, 0.2) is 0 Å². The van der Waals surface area contributed by atoms with Crippen LogP contribution in [0.3, 0.4) is 0 Å². The van der Waals surface area contributed by atoms with Crippen molar-refractivity contribution < 1.29 is 48.4 Å². The van der Waals surface area contributed by atoms with Crippen molar-refractivity contribution in [2.24, 2.45) is 17.6 Å². The van der Waals surface area contributed by atoms with E-state index in [1.54, 1.807) is 42.0 Å². The molecule has 5 rings (SSSR count). The first-order chi connectivity index (χ1) is 33.6. The van der Waals surface area contributed by atoms with Gasteiger partial charge < -0.3 is 53.3 Å². The number of hydroxylamine groups is 1. The van der Waals surface area contributed by atoms with Gasteiger partial charge in [-0.2, -0.15) is 11.8 Å². The number of amides is 10. The van der Waals surface area contributed by atoms with Crippen LogP contribution in [0, 0.1) is 11.8 Å². The maximum absolute atomic E-state index is 14.2. The third-order valence-corrected chi connectivity index (χ3v) is 13.7. The molecule has 0 spiro atoms. The molecule has 3 heterocycles. The zero-order valence-corrected chi connectivity index (χ0v) is 40.4. The number of carbonyl (C=O) groups is 9. The van der Waals surface area contributed by atoms with Crippen molar-refractivity contribution >= 4 is 76.0 Å². The van der Waals surface area contributed by atoms with Crippen LogP contribution < -0.4 is 53.7 Å². The second kappa shape index (κ2) is 27.5. The summed E-state index contributed by atoms with van der Waals surface area (Å²) in [5.41, 5.74) is 9.28. The van der Waals surface area contributed by atoms with Crippen LogP contribution >= 0.6 is 11.8 Å². The molecule has 1 unspecified atom stereocenters. The largest absolute Gasteiger partial charge is 0.368 e. The molecule has 13 N–H and O–H groups in total. The first kappa shape index (κ1) is 54.3. The van der Waals surface area contributed by atoms with E-state index in [1.165, 1.54) is 0 Å². The fraction of sp³-hybridized carbons (Fsp3) is 0.521. The van der Waals surface area contributed by atoms with Crippen molar-refractivity contribution in [1.82, 2.24) is 53.0 Å². The lowest BCUT2D eigenvalue weighted by Gasteiger charge is -2.25. The Bertz CT molecular complexity index is 2300. The highest BCUT2D eigenvalue weighted by atomic mass is 32.2. The number of hydrogen-bond acceptors (Lipinski definition) is 11. The Morgan fingerprint density at radius 1 is 0.743 bits per heavy atom. The maximum Gasteiger partial charge on any atom is 0.315 e. The van der Waals surface area contributed by atoms with Crippen molar-refractivity contribution in [3.05, 3.63) is 71.9 Å². The number of carbonyl (C=O) groups excluding carboxylic acids is 9. The van der Waals surface area contributed by atoms with Crippen LogP contribution in [0.15, 0.2) is 60.8 Å². The molecule has 22 heteroatoms. The van der Waals surface area contributed by atoms with Crippen LogP contribution in [-0.4, -0.2) is 124 Å². The lowest BCUT2D eigenvalue weighted by Crippen LogP contribution is -2.56. The number of primary amides is 1. The molecule has 2 saturated heterocycles. The minimum atomic E-state index is -1.26. The molecule has 380 valence electrons. The normalized spacial score (nSPS) is 17.7. The van der Waals surface area contributed by atoms with Gasteiger partial charge in [0.1, 0.15) is 18.1 Å². The van der Waals surface area contributed by atoms with Crippen LogP contribution in [0.5, 0.6) is 0 Å². The zero-order valence-electron chi connectivity index (χ0n) is 39.6. The monoisotopic (exact) mass is 989 g/mol. The zero-order chi connectivity index (χ0) is 50.6. The summed E-state index contributed by atoms with van der Waals surface area (Å²) < 4.78 is 0. The molecular formula is C48H67N11O10S. The highest BCUT2D eigenvalue weighted by molar-refractivity contribution is 8.00. The number of para-hydroxylation sites is 1.